The summed E-state index contributed by atoms with van der Waals surface area (Å²) in [6.07, 6.45) is 5.25. The molecule has 3 heterocycles. The second-order valence-corrected chi connectivity index (χ2v) is 5.69. The van der Waals surface area contributed by atoms with Crippen molar-refractivity contribution in [3.05, 3.63) is 59.1 Å². The smallest absolute Gasteiger partial charge is 0.272 e. The Labute approximate surface area is 138 Å². The third-order valence-corrected chi connectivity index (χ3v) is 4.01. The maximum Gasteiger partial charge on any atom is 0.272 e. The quantitative estimate of drug-likeness (QED) is 0.930. The lowest BCUT2D eigenvalue weighted by atomic mass is 10.2. The van der Waals surface area contributed by atoms with E-state index in [1.165, 1.54) is 12.4 Å². The van der Waals surface area contributed by atoms with Crippen molar-refractivity contribution in [1.29, 1.82) is 0 Å². The maximum absolute atomic E-state index is 12.3. The van der Waals surface area contributed by atoms with Crippen molar-refractivity contribution in [2.24, 2.45) is 0 Å². The summed E-state index contributed by atoms with van der Waals surface area (Å²) in [4.78, 5) is 34.2. The van der Waals surface area contributed by atoms with Gasteiger partial charge < -0.3 is 10.2 Å². The monoisotopic (exact) mass is 330 g/mol. The number of amides is 2. The molecule has 2 aromatic heterocycles. The van der Waals surface area contributed by atoms with E-state index in [9.17, 15) is 9.59 Å². The van der Waals surface area contributed by atoms with E-state index in [1.54, 1.807) is 35.4 Å². The molecule has 0 aromatic carbocycles. The first kappa shape index (κ1) is 15.4. The molecule has 1 fully saturated rings. The standard InChI is InChI=1S/C16H15ClN4O2/c17-13-9-18-7-4-12(13)15(22)20-11-5-8-21(10-11)16(23)14-3-1-2-6-19-14/h1-4,6-7,9,11H,5,8,10H2,(H,20,22)/t11-/m1/s1. The Hall–Kier alpha value is -2.47. The van der Waals surface area contributed by atoms with Gasteiger partial charge in [-0.1, -0.05) is 17.7 Å². The van der Waals surface area contributed by atoms with Crippen molar-refractivity contribution in [2.75, 3.05) is 13.1 Å². The van der Waals surface area contributed by atoms with Crippen LogP contribution in [0.2, 0.25) is 5.02 Å². The SMILES string of the molecule is O=C(N[C@@H]1CCN(C(=O)c2ccccn2)C1)c1ccncc1Cl. The van der Waals surface area contributed by atoms with Crippen LogP contribution < -0.4 is 5.32 Å². The molecule has 0 aliphatic carbocycles. The summed E-state index contributed by atoms with van der Waals surface area (Å²) in [7, 11) is 0. The highest BCUT2D eigenvalue weighted by Crippen LogP contribution is 2.16. The predicted octanol–water partition coefficient (Wildman–Crippen LogP) is 1.77. The molecular weight excluding hydrogens is 316 g/mol. The molecule has 0 bridgehead atoms. The fourth-order valence-corrected chi connectivity index (χ4v) is 2.74. The molecule has 0 spiro atoms. The summed E-state index contributed by atoms with van der Waals surface area (Å²) in [5, 5.41) is 3.22. The minimum absolute atomic E-state index is 0.0978. The molecule has 118 valence electrons. The summed E-state index contributed by atoms with van der Waals surface area (Å²) in [5.41, 5.74) is 0.799. The molecule has 3 rings (SSSR count). The van der Waals surface area contributed by atoms with Crippen LogP contribution in [0.3, 0.4) is 0 Å². The van der Waals surface area contributed by atoms with Gasteiger partial charge in [0, 0.05) is 37.7 Å². The largest absolute Gasteiger partial charge is 0.347 e. The van der Waals surface area contributed by atoms with E-state index in [0.717, 1.165) is 0 Å². The van der Waals surface area contributed by atoms with Gasteiger partial charge in [0.15, 0.2) is 0 Å². The Morgan fingerprint density at radius 1 is 1.26 bits per heavy atom. The summed E-state index contributed by atoms with van der Waals surface area (Å²) < 4.78 is 0. The molecule has 0 radical (unpaired) electrons. The van der Waals surface area contributed by atoms with Crippen LogP contribution in [0.25, 0.3) is 0 Å². The zero-order chi connectivity index (χ0) is 16.2. The van der Waals surface area contributed by atoms with Crippen molar-refractivity contribution in [3.8, 4) is 0 Å². The number of aromatic nitrogens is 2. The minimum Gasteiger partial charge on any atom is -0.347 e. The molecule has 7 heteroatoms. The summed E-state index contributed by atoms with van der Waals surface area (Å²) in [6.45, 7) is 1.05. The minimum atomic E-state index is -0.255. The lowest BCUT2D eigenvalue weighted by Crippen LogP contribution is -2.38. The van der Waals surface area contributed by atoms with E-state index in [2.05, 4.69) is 15.3 Å². The van der Waals surface area contributed by atoms with E-state index in [0.29, 0.717) is 35.8 Å². The second kappa shape index (κ2) is 6.75. The van der Waals surface area contributed by atoms with Gasteiger partial charge in [-0.15, -0.1) is 0 Å². The van der Waals surface area contributed by atoms with Crippen LogP contribution in [-0.2, 0) is 0 Å². The van der Waals surface area contributed by atoms with Gasteiger partial charge in [0.25, 0.3) is 11.8 Å². The topological polar surface area (TPSA) is 75.2 Å². The van der Waals surface area contributed by atoms with E-state index in [4.69, 9.17) is 11.6 Å². The van der Waals surface area contributed by atoms with Gasteiger partial charge >= 0.3 is 0 Å². The lowest BCUT2D eigenvalue weighted by molar-refractivity contribution is 0.0777. The number of pyridine rings is 2. The van der Waals surface area contributed by atoms with Gasteiger partial charge in [0.05, 0.1) is 10.6 Å². The molecule has 6 nitrogen and oxygen atoms in total. The van der Waals surface area contributed by atoms with Crippen LogP contribution in [0, 0.1) is 0 Å². The molecule has 1 N–H and O–H groups in total. The zero-order valence-electron chi connectivity index (χ0n) is 12.3. The Balaban J connectivity index is 1.61. The number of likely N-dealkylation sites (tertiary alicyclic amines) is 1. The number of carbonyl (C=O) groups is 2. The zero-order valence-corrected chi connectivity index (χ0v) is 13.0. The number of hydrogen-bond donors (Lipinski definition) is 1. The Kier molecular flexibility index (Phi) is 4.52. The van der Waals surface area contributed by atoms with E-state index in [-0.39, 0.29) is 17.9 Å². The Morgan fingerprint density at radius 2 is 2.13 bits per heavy atom. The second-order valence-electron chi connectivity index (χ2n) is 5.28. The molecule has 0 unspecified atom stereocenters. The number of nitrogens with zero attached hydrogens (tertiary/aromatic N) is 3. The number of nitrogens with one attached hydrogen (secondary N) is 1. The van der Waals surface area contributed by atoms with Gasteiger partial charge in [-0.2, -0.15) is 0 Å². The highest BCUT2D eigenvalue weighted by Gasteiger charge is 2.29. The van der Waals surface area contributed by atoms with Crippen molar-refractivity contribution < 1.29 is 9.59 Å². The Bertz CT molecular complexity index is 723. The van der Waals surface area contributed by atoms with Crippen LogP contribution in [0.15, 0.2) is 42.9 Å². The Morgan fingerprint density at radius 3 is 2.87 bits per heavy atom. The van der Waals surface area contributed by atoms with Crippen LogP contribution in [0.5, 0.6) is 0 Å². The summed E-state index contributed by atoms with van der Waals surface area (Å²) in [6, 6.07) is 6.71. The molecule has 2 aromatic rings. The fraction of sp³-hybridized carbons (Fsp3) is 0.250. The predicted molar refractivity (Wildman–Crippen MR) is 85.3 cm³/mol. The first-order valence-corrected chi connectivity index (χ1v) is 7.63. The van der Waals surface area contributed by atoms with Crippen LogP contribution >= 0.6 is 11.6 Å². The van der Waals surface area contributed by atoms with Crippen molar-refractivity contribution in [2.45, 2.75) is 12.5 Å². The van der Waals surface area contributed by atoms with Gasteiger partial charge in [-0.25, -0.2) is 0 Å². The lowest BCUT2D eigenvalue weighted by Gasteiger charge is -2.17. The molecule has 23 heavy (non-hydrogen) atoms. The third kappa shape index (κ3) is 3.48. The van der Waals surface area contributed by atoms with Gasteiger partial charge in [0.1, 0.15) is 5.69 Å². The van der Waals surface area contributed by atoms with Crippen molar-refractivity contribution in [1.82, 2.24) is 20.2 Å². The van der Waals surface area contributed by atoms with Gasteiger partial charge in [-0.3, -0.25) is 19.6 Å². The van der Waals surface area contributed by atoms with E-state index >= 15 is 0 Å². The third-order valence-electron chi connectivity index (χ3n) is 3.71. The first-order chi connectivity index (χ1) is 11.1. The van der Waals surface area contributed by atoms with E-state index < -0.39 is 0 Å². The summed E-state index contributed by atoms with van der Waals surface area (Å²) >= 11 is 5.97. The number of rotatable bonds is 3. The van der Waals surface area contributed by atoms with Crippen LogP contribution in [-0.4, -0.2) is 45.8 Å². The number of carbonyl (C=O) groups excluding carboxylic acids is 2. The number of halogens is 1. The van der Waals surface area contributed by atoms with Crippen LogP contribution in [0.4, 0.5) is 0 Å². The van der Waals surface area contributed by atoms with E-state index in [1.807, 2.05) is 0 Å². The molecule has 1 aliphatic heterocycles. The van der Waals surface area contributed by atoms with Gasteiger partial charge in [0.2, 0.25) is 0 Å². The fourth-order valence-electron chi connectivity index (χ4n) is 2.54. The molecule has 1 saturated heterocycles. The highest BCUT2D eigenvalue weighted by atomic mass is 35.5. The molecule has 1 aliphatic rings. The molecule has 1 atom stereocenters. The van der Waals surface area contributed by atoms with Crippen LogP contribution in [0.1, 0.15) is 27.3 Å². The molecule has 2 amide bonds. The molecule has 0 saturated carbocycles. The average molecular weight is 331 g/mol. The maximum atomic E-state index is 12.3. The highest BCUT2D eigenvalue weighted by molar-refractivity contribution is 6.33. The number of hydrogen-bond acceptors (Lipinski definition) is 4. The molecular formula is C16H15ClN4O2. The summed E-state index contributed by atoms with van der Waals surface area (Å²) in [5.74, 6) is -0.376. The van der Waals surface area contributed by atoms with Gasteiger partial charge in [-0.05, 0) is 24.6 Å². The van der Waals surface area contributed by atoms with Crippen molar-refractivity contribution >= 4 is 23.4 Å². The average Bonchev–Trinajstić information content (AvgIpc) is 3.03. The first-order valence-electron chi connectivity index (χ1n) is 7.26. The van der Waals surface area contributed by atoms with Crippen molar-refractivity contribution in [3.63, 3.8) is 0 Å². The normalized spacial score (nSPS) is 17.1.